The highest BCUT2D eigenvalue weighted by Gasteiger charge is 2.12. The lowest BCUT2D eigenvalue weighted by molar-refractivity contribution is -0.143. The molecule has 0 aliphatic heterocycles. The molecule has 0 aromatic carbocycles. The minimum absolute atomic E-state index is 0.180. The standard InChI is InChI=1S/C13H20N2O2/c1-13(2,3)6-7-17-12(16)8-11-5-4-10(14)9-15-11/h4-5,9H,6-8,14H2,1-3H3. The average Bonchev–Trinajstić information content (AvgIpc) is 2.19. The summed E-state index contributed by atoms with van der Waals surface area (Å²) >= 11 is 0. The Morgan fingerprint density at radius 2 is 2.12 bits per heavy atom. The molecule has 4 heteroatoms. The van der Waals surface area contributed by atoms with Gasteiger partial charge in [0.2, 0.25) is 0 Å². The molecule has 0 aliphatic rings. The molecule has 1 heterocycles. The van der Waals surface area contributed by atoms with Crippen molar-refractivity contribution in [1.29, 1.82) is 0 Å². The van der Waals surface area contributed by atoms with E-state index in [1.165, 1.54) is 6.20 Å². The smallest absolute Gasteiger partial charge is 0.311 e. The van der Waals surface area contributed by atoms with E-state index in [9.17, 15) is 4.79 Å². The molecule has 0 saturated heterocycles. The molecule has 0 amide bonds. The van der Waals surface area contributed by atoms with Gasteiger partial charge in [-0.2, -0.15) is 0 Å². The molecule has 1 aromatic heterocycles. The van der Waals surface area contributed by atoms with E-state index in [0.717, 1.165) is 6.42 Å². The van der Waals surface area contributed by atoms with E-state index in [4.69, 9.17) is 10.5 Å². The van der Waals surface area contributed by atoms with Crippen LogP contribution < -0.4 is 5.73 Å². The van der Waals surface area contributed by atoms with Crippen LogP contribution in [0, 0.1) is 5.41 Å². The number of rotatable bonds is 4. The maximum absolute atomic E-state index is 11.5. The molecule has 2 N–H and O–H groups in total. The quantitative estimate of drug-likeness (QED) is 0.814. The van der Waals surface area contributed by atoms with E-state index in [2.05, 4.69) is 25.8 Å². The topological polar surface area (TPSA) is 65.2 Å². The second kappa shape index (κ2) is 5.66. The third-order valence-electron chi connectivity index (χ3n) is 2.29. The lowest BCUT2D eigenvalue weighted by Gasteiger charge is -2.17. The van der Waals surface area contributed by atoms with Crippen LogP contribution in [0.25, 0.3) is 0 Å². The number of esters is 1. The molecule has 0 spiro atoms. The lowest BCUT2D eigenvalue weighted by atomic mass is 9.93. The highest BCUT2D eigenvalue weighted by Crippen LogP contribution is 2.18. The largest absolute Gasteiger partial charge is 0.465 e. The summed E-state index contributed by atoms with van der Waals surface area (Å²) in [5, 5.41) is 0. The van der Waals surface area contributed by atoms with Gasteiger partial charge in [-0.05, 0) is 24.0 Å². The first-order valence-electron chi connectivity index (χ1n) is 5.73. The van der Waals surface area contributed by atoms with Crippen LogP contribution in [0.4, 0.5) is 5.69 Å². The minimum atomic E-state index is -0.244. The summed E-state index contributed by atoms with van der Waals surface area (Å²) in [5.41, 5.74) is 6.96. The maximum atomic E-state index is 11.5. The molecule has 0 unspecified atom stereocenters. The number of carbonyl (C=O) groups excluding carboxylic acids is 1. The molecular weight excluding hydrogens is 216 g/mol. The van der Waals surface area contributed by atoms with E-state index in [0.29, 0.717) is 18.0 Å². The van der Waals surface area contributed by atoms with E-state index < -0.39 is 0 Å². The number of pyridine rings is 1. The molecular formula is C13H20N2O2. The van der Waals surface area contributed by atoms with E-state index in [-0.39, 0.29) is 17.8 Å². The molecule has 0 aliphatic carbocycles. The van der Waals surface area contributed by atoms with Crippen molar-refractivity contribution in [1.82, 2.24) is 4.98 Å². The third-order valence-corrected chi connectivity index (χ3v) is 2.29. The Balaban J connectivity index is 2.32. The number of hydrogen-bond acceptors (Lipinski definition) is 4. The first-order chi connectivity index (χ1) is 7.87. The van der Waals surface area contributed by atoms with Crippen LogP contribution in [0.5, 0.6) is 0 Å². The van der Waals surface area contributed by atoms with Crippen LogP contribution in [0.3, 0.4) is 0 Å². The zero-order valence-electron chi connectivity index (χ0n) is 10.7. The van der Waals surface area contributed by atoms with Gasteiger partial charge in [-0.1, -0.05) is 20.8 Å². The summed E-state index contributed by atoms with van der Waals surface area (Å²) in [6, 6.07) is 3.46. The highest BCUT2D eigenvalue weighted by molar-refractivity contribution is 5.72. The van der Waals surface area contributed by atoms with Crippen LogP contribution in [0.15, 0.2) is 18.3 Å². The molecule has 4 nitrogen and oxygen atoms in total. The van der Waals surface area contributed by atoms with Crippen molar-refractivity contribution in [2.24, 2.45) is 5.41 Å². The van der Waals surface area contributed by atoms with E-state index in [1.807, 2.05) is 0 Å². The predicted octanol–water partition coefficient (Wildman–Crippen LogP) is 2.19. The van der Waals surface area contributed by atoms with Gasteiger partial charge in [0.05, 0.1) is 30.6 Å². The van der Waals surface area contributed by atoms with Gasteiger partial charge in [0.25, 0.3) is 0 Å². The maximum Gasteiger partial charge on any atom is 0.311 e. The summed E-state index contributed by atoms with van der Waals surface area (Å²) in [6.07, 6.45) is 2.59. The van der Waals surface area contributed by atoms with Gasteiger partial charge in [-0.3, -0.25) is 9.78 Å². The number of hydrogen-bond donors (Lipinski definition) is 1. The zero-order valence-corrected chi connectivity index (χ0v) is 10.7. The molecule has 0 bridgehead atoms. The second-order valence-corrected chi connectivity index (χ2v) is 5.29. The number of nitrogen functional groups attached to an aromatic ring is 1. The average molecular weight is 236 g/mol. The Morgan fingerprint density at radius 3 is 2.65 bits per heavy atom. The Labute approximate surface area is 102 Å². The third kappa shape index (κ3) is 5.90. The summed E-state index contributed by atoms with van der Waals surface area (Å²) in [6.45, 7) is 6.80. The lowest BCUT2D eigenvalue weighted by Crippen LogP contribution is -2.14. The molecule has 1 aromatic rings. The predicted molar refractivity (Wildman–Crippen MR) is 67.4 cm³/mol. The van der Waals surface area contributed by atoms with Crippen LogP contribution in [-0.4, -0.2) is 17.6 Å². The first kappa shape index (κ1) is 13.5. The number of nitrogens with two attached hydrogens (primary N) is 1. The van der Waals surface area contributed by atoms with Gasteiger partial charge < -0.3 is 10.5 Å². The van der Waals surface area contributed by atoms with E-state index in [1.54, 1.807) is 12.1 Å². The number of carbonyl (C=O) groups is 1. The van der Waals surface area contributed by atoms with Crippen molar-refractivity contribution in [2.45, 2.75) is 33.6 Å². The summed E-state index contributed by atoms with van der Waals surface area (Å²) in [4.78, 5) is 15.5. The molecule has 0 fully saturated rings. The Morgan fingerprint density at radius 1 is 1.41 bits per heavy atom. The van der Waals surface area contributed by atoms with Crippen LogP contribution in [0.1, 0.15) is 32.9 Å². The van der Waals surface area contributed by atoms with Gasteiger partial charge in [-0.15, -0.1) is 0 Å². The van der Waals surface area contributed by atoms with Gasteiger partial charge in [0.1, 0.15) is 0 Å². The molecule has 94 valence electrons. The molecule has 0 saturated carbocycles. The zero-order chi connectivity index (χ0) is 12.9. The van der Waals surface area contributed by atoms with Crippen LogP contribution >= 0.6 is 0 Å². The fourth-order valence-electron chi connectivity index (χ4n) is 1.21. The Hall–Kier alpha value is -1.58. The van der Waals surface area contributed by atoms with Gasteiger partial charge in [0, 0.05) is 0 Å². The number of ether oxygens (including phenoxy) is 1. The van der Waals surface area contributed by atoms with Gasteiger partial charge in [-0.25, -0.2) is 0 Å². The van der Waals surface area contributed by atoms with Crippen molar-refractivity contribution in [3.8, 4) is 0 Å². The molecule has 17 heavy (non-hydrogen) atoms. The second-order valence-electron chi connectivity index (χ2n) is 5.29. The monoisotopic (exact) mass is 236 g/mol. The Kier molecular flexibility index (Phi) is 4.49. The van der Waals surface area contributed by atoms with Crippen molar-refractivity contribution in [3.63, 3.8) is 0 Å². The summed E-state index contributed by atoms with van der Waals surface area (Å²) in [7, 11) is 0. The first-order valence-corrected chi connectivity index (χ1v) is 5.73. The fraction of sp³-hybridized carbons (Fsp3) is 0.538. The molecule has 0 atom stereocenters. The van der Waals surface area contributed by atoms with Crippen molar-refractivity contribution >= 4 is 11.7 Å². The number of anilines is 1. The normalized spacial score (nSPS) is 11.2. The molecule has 1 rings (SSSR count). The number of aromatic nitrogens is 1. The van der Waals surface area contributed by atoms with Crippen molar-refractivity contribution < 1.29 is 9.53 Å². The van der Waals surface area contributed by atoms with Crippen molar-refractivity contribution in [3.05, 3.63) is 24.0 Å². The number of nitrogens with zero attached hydrogens (tertiary/aromatic N) is 1. The molecule has 0 radical (unpaired) electrons. The van der Waals surface area contributed by atoms with Crippen LogP contribution in [0.2, 0.25) is 0 Å². The summed E-state index contributed by atoms with van der Waals surface area (Å²) in [5.74, 6) is -0.244. The Bertz CT molecular complexity index is 366. The van der Waals surface area contributed by atoms with Crippen LogP contribution in [-0.2, 0) is 16.0 Å². The van der Waals surface area contributed by atoms with Crippen molar-refractivity contribution in [2.75, 3.05) is 12.3 Å². The van der Waals surface area contributed by atoms with Gasteiger partial charge >= 0.3 is 5.97 Å². The minimum Gasteiger partial charge on any atom is -0.465 e. The SMILES string of the molecule is CC(C)(C)CCOC(=O)Cc1ccc(N)cn1. The van der Waals surface area contributed by atoms with Gasteiger partial charge in [0.15, 0.2) is 0 Å². The van der Waals surface area contributed by atoms with E-state index >= 15 is 0 Å². The highest BCUT2D eigenvalue weighted by atomic mass is 16.5. The fourth-order valence-corrected chi connectivity index (χ4v) is 1.21. The summed E-state index contributed by atoms with van der Waals surface area (Å²) < 4.78 is 5.14.